The van der Waals surface area contributed by atoms with Crippen LogP contribution in [0.1, 0.15) is 26.7 Å². The van der Waals surface area contributed by atoms with Crippen molar-refractivity contribution in [2.24, 2.45) is 5.92 Å². The van der Waals surface area contributed by atoms with Crippen molar-refractivity contribution in [3.63, 3.8) is 0 Å². The van der Waals surface area contributed by atoms with Gasteiger partial charge >= 0.3 is 0 Å². The van der Waals surface area contributed by atoms with E-state index in [4.69, 9.17) is 0 Å². The second-order valence-electron chi connectivity index (χ2n) is 5.74. The summed E-state index contributed by atoms with van der Waals surface area (Å²) in [5.41, 5.74) is 0.839. The maximum atomic E-state index is 12.3. The normalized spacial score (nSPS) is 17.7. The number of likely N-dealkylation sites (N-methyl/N-ethyl adjacent to an activating group) is 1. The smallest absolute Gasteiger partial charge is 0.237 e. The monoisotopic (exact) mass is 303 g/mol. The van der Waals surface area contributed by atoms with E-state index in [0.29, 0.717) is 6.54 Å². The Hall–Kier alpha value is -1.88. The van der Waals surface area contributed by atoms with Gasteiger partial charge < -0.3 is 10.6 Å². The molecule has 2 N–H and O–H groups in total. The molecule has 1 saturated heterocycles. The molecule has 22 heavy (non-hydrogen) atoms. The van der Waals surface area contributed by atoms with Gasteiger partial charge in [0.05, 0.1) is 6.04 Å². The summed E-state index contributed by atoms with van der Waals surface area (Å²) in [5, 5.41) is 5.81. The molecule has 1 aliphatic rings. The van der Waals surface area contributed by atoms with Crippen molar-refractivity contribution in [1.29, 1.82) is 0 Å². The predicted octanol–water partition coefficient (Wildman–Crippen LogP) is 1.86. The van der Waals surface area contributed by atoms with E-state index >= 15 is 0 Å². The summed E-state index contributed by atoms with van der Waals surface area (Å²) in [6, 6.07) is 9.40. The van der Waals surface area contributed by atoms with Crippen LogP contribution in [0.4, 0.5) is 5.69 Å². The van der Waals surface area contributed by atoms with Crippen LogP contribution in [0.15, 0.2) is 30.3 Å². The van der Waals surface area contributed by atoms with Gasteiger partial charge in [-0.3, -0.25) is 14.5 Å². The van der Waals surface area contributed by atoms with Crippen LogP contribution in [0.5, 0.6) is 0 Å². The maximum Gasteiger partial charge on any atom is 0.237 e. The molecule has 0 saturated carbocycles. The number of amides is 2. The van der Waals surface area contributed by atoms with Gasteiger partial charge in [-0.05, 0) is 51.9 Å². The Morgan fingerprint density at radius 3 is 2.45 bits per heavy atom. The third-order valence-corrected chi connectivity index (χ3v) is 4.22. The molecule has 5 heteroatoms. The van der Waals surface area contributed by atoms with Crippen LogP contribution in [0, 0.1) is 5.92 Å². The molecule has 2 rings (SSSR count). The lowest BCUT2D eigenvalue weighted by Gasteiger charge is -2.34. The number of nitrogens with zero attached hydrogens (tertiary/aromatic N) is 1. The number of para-hydroxylation sites is 1. The summed E-state index contributed by atoms with van der Waals surface area (Å²) >= 11 is 0. The van der Waals surface area contributed by atoms with E-state index in [-0.39, 0.29) is 23.8 Å². The molecule has 0 radical (unpaired) electrons. The van der Waals surface area contributed by atoms with Gasteiger partial charge in [0, 0.05) is 18.2 Å². The average molecular weight is 303 g/mol. The van der Waals surface area contributed by atoms with E-state index in [0.717, 1.165) is 31.6 Å². The Morgan fingerprint density at radius 1 is 1.23 bits per heavy atom. The fraction of sp³-hybridized carbons (Fsp3) is 0.529. The number of carbonyl (C=O) groups is 2. The lowest BCUT2D eigenvalue weighted by Crippen LogP contribution is -2.49. The number of likely N-dealkylation sites (tertiary alicyclic amines) is 1. The fourth-order valence-electron chi connectivity index (χ4n) is 2.80. The Morgan fingerprint density at radius 2 is 1.86 bits per heavy atom. The molecule has 1 fully saturated rings. The van der Waals surface area contributed by atoms with Crippen molar-refractivity contribution in [2.45, 2.75) is 32.7 Å². The van der Waals surface area contributed by atoms with Crippen LogP contribution in [0.2, 0.25) is 0 Å². The van der Waals surface area contributed by atoms with Gasteiger partial charge in [0.25, 0.3) is 0 Å². The summed E-state index contributed by atoms with van der Waals surface area (Å²) in [6.07, 6.45) is 1.59. The van der Waals surface area contributed by atoms with Crippen LogP contribution in [0.25, 0.3) is 0 Å². The molecule has 0 unspecified atom stereocenters. The Kier molecular flexibility index (Phi) is 5.95. The largest absolute Gasteiger partial charge is 0.355 e. The Bertz CT molecular complexity index is 496. The lowest BCUT2D eigenvalue weighted by molar-refractivity contribution is -0.127. The first kappa shape index (κ1) is 16.5. The highest BCUT2D eigenvalue weighted by molar-refractivity contribution is 5.92. The quantitative estimate of drug-likeness (QED) is 0.873. The van der Waals surface area contributed by atoms with Crippen LogP contribution in [0.3, 0.4) is 0 Å². The molecule has 0 aromatic heterocycles. The van der Waals surface area contributed by atoms with Crippen molar-refractivity contribution < 1.29 is 9.59 Å². The van der Waals surface area contributed by atoms with Crippen LogP contribution in [-0.2, 0) is 9.59 Å². The van der Waals surface area contributed by atoms with Gasteiger partial charge in [-0.1, -0.05) is 18.2 Å². The van der Waals surface area contributed by atoms with E-state index < -0.39 is 0 Å². The maximum absolute atomic E-state index is 12.3. The summed E-state index contributed by atoms with van der Waals surface area (Å²) in [4.78, 5) is 26.3. The minimum absolute atomic E-state index is 0.0258. The minimum Gasteiger partial charge on any atom is -0.355 e. The summed E-state index contributed by atoms with van der Waals surface area (Å²) in [7, 11) is 0. The first-order valence-electron chi connectivity index (χ1n) is 7.99. The van der Waals surface area contributed by atoms with Gasteiger partial charge in [-0.25, -0.2) is 0 Å². The summed E-state index contributed by atoms with van der Waals surface area (Å²) < 4.78 is 0. The molecule has 1 aromatic rings. The fourth-order valence-corrected chi connectivity index (χ4v) is 2.80. The minimum atomic E-state index is -0.127. The van der Waals surface area contributed by atoms with Gasteiger partial charge in [0.15, 0.2) is 0 Å². The highest BCUT2D eigenvalue weighted by atomic mass is 16.2. The number of rotatable bonds is 5. The lowest BCUT2D eigenvalue weighted by atomic mass is 9.94. The first-order chi connectivity index (χ1) is 10.6. The third kappa shape index (κ3) is 4.31. The molecular weight excluding hydrogens is 278 g/mol. The molecule has 5 nitrogen and oxygen atoms in total. The van der Waals surface area contributed by atoms with Gasteiger partial charge in [0.2, 0.25) is 11.8 Å². The highest BCUT2D eigenvalue weighted by Gasteiger charge is 2.29. The second-order valence-corrected chi connectivity index (χ2v) is 5.74. The Balaban J connectivity index is 1.81. The third-order valence-electron chi connectivity index (χ3n) is 4.22. The first-order valence-corrected chi connectivity index (χ1v) is 7.99. The molecule has 120 valence electrons. The average Bonchev–Trinajstić information content (AvgIpc) is 2.55. The molecular formula is C17H25N3O2. The number of carbonyl (C=O) groups excluding carboxylic acids is 2. The van der Waals surface area contributed by atoms with Crippen molar-refractivity contribution in [3.05, 3.63) is 30.3 Å². The summed E-state index contributed by atoms with van der Waals surface area (Å²) in [6.45, 7) is 6.07. The topological polar surface area (TPSA) is 61.4 Å². The van der Waals surface area contributed by atoms with E-state index in [9.17, 15) is 9.59 Å². The molecule has 2 amide bonds. The highest BCUT2D eigenvalue weighted by Crippen LogP contribution is 2.21. The van der Waals surface area contributed by atoms with Crippen molar-refractivity contribution >= 4 is 17.5 Å². The summed E-state index contributed by atoms with van der Waals surface area (Å²) in [5.74, 6) is 0.170. The van der Waals surface area contributed by atoms with E-state index in [1.807, 2.05) is 44.2 Å². The number of hydrogen-bond acceptors (Lipinski definition) is 3. The zero-order chi connectivity index (χ0) is 15.9. The molecule has 0 spiro atoms. The zero-order valence-electron chi connectivity index (χ0n) is 13.3. The molecule has 1 aliphatic heterocycles. The van der Waals surface area contributed by atoms with Crippen molar-refractivity contribution in [3.8, 4) is 0 Å². The number of anilines is 1. The van der Waals surface area contributed by atoms with Crippen LogP contribution >= 0.6 is 0 Å². The van der Waals surface area contributed by atoms with E-state index in [1.165, 1.54) is 0 Å². The van der Waals surface area contributed by atoms with Crippen molar-refractivity contribution in [2.75, 3.05) is 25.0 Å². The van der Waals surface area contributed by atoms with Gasteiger partial charge in [-0.15, -0.1) is 0 Å². The zero-order valence-corrected chi connectivity index (χ0v) is 13.3. The molecule has 1 aromatic carbocycles. The number of hydrogen-bond donors (Lipinski definition) is 2. The molecule has 1 heterocycles. The molecule has 0 bridgehead atoms. The SMILES string of the molecule is CCNC(=O)[C@@H](C)N1CCC(C(=O)Nc2ccccc2)CC1. The van der Waals surface area contributed by atoms with E-state index in [2.05, 4.69) is 15.5 Å². The number of nitrogens with one attached hydrogen (secondary N) is 2. The second kappa shape index (κ2) is 7.94. The molecule has 1 atom stereocenters. The Labute approximate surface area is 132 Å². The standard InChI is InChI=1S/C17H25N3O2/c1-3-18-16(21)13(2)20-11-9-14(10-12-20)17(22)19-15-7-5-4-6-8-15/h4-8,13-14H,3,9-12H2,1-2H3,(H,18,21)(H,19,22)/t13-/m1/s1. The predicted molar refractivity (Wildman–Crippen MR) is 87.5 cm³/mol. The van der Waals surface area contributed by atoms with Gasteiger partial charge in [0.1, 0.15) is 0 Å². The van der Waals surface area contributed by atoms with Gasteiger partial charge in [-0.2, -0.15) is 0 Å². The van der Waals surface area contributed by atoms with E-state index in [1.54, 1.807) is 0 Å². The number of benzene rings is 1. The van der Waals surface area contributed by atoms with Crippen LogP contribution < -0.4 is 10.6 Å². The molecule has 0 aliphatic carbocycles. The van der Waals surface area contributed by atoms with Crippen LogP contribution in [-0.4, -0.2) is 42.4 Å². The van der Waals surface area contributed by atoms with Crippen molar-refractivity contribution in [1.82, 2.24) is 10.2 Å². The number of piperidine rings is 1.